The van der Waals surface area contributed by atoms with E-state index in [-0.39, 0.29) is 11.7 Å². The first kappa shape index (κ1) is 15.3. The van der Waals surface area contributed by atoms with Crippen LogP contribution in [0.2, 0.25) is 0 Å². The van der Waals surface area contributed by atoms with Gasteiger partial charge in [0.2, 0.25) is 5.91 Å². The molecule has 1 fully saturated rings. The summed E-state index contributed by atoms with van der Waals surface area (Å²) in [6.45, 7) is 2.40. The van der Waals surface area contributed by atoms with E-state index in [0.717, 1.165) is 43.1 Å². The van der Waals surface area contributed by atoms with Gasteiger partial charge in [-0.25, -0.2) is 4.39 Å². The van der Waals surface area contributed by atoms with Crippen molar-refractivity contribution in [2.75, 3.05) is 25.4 Å². The highest BCUT2D eigenvalue weighted by atomic mass is 32.2. The molecule has 1 saturated heterocycles. The highest BCUT2D eigenvalue weighted by molar-refractivity contribution is 7.99. The molecule has 0 unspecified atom stereocenters. The number of piperidine rings is 1. The largest absolute Gasteiger partial charge is 0.343 e. The van der Waals surface area contributed by atoms with E-state index in [4.69, 9.17) is 5.73 Å². The summed E-state index contributed by atoms with van der Waals surface area (Å²) in [7, 11) is 0. The predicted octanol–water partition coefficient (Wildman–Crippen LogP) is 2.51. The number of carbonyl (C=O) groups is 1. The monoisotopic (exact) mass is 296 g/mol. The molecule has 1 heterocycles. The van der Waals surface area contributed by atoms with Crippen LogP contribution in [0.15, 0.2) is 29.2 Å². The van der Waals surface area contributed by atoms with Crippen LogP contribution < -0.4 is 5.73 Å². The van der Waals surface area contributed by atoms with Gasteiger partial charge in [0.05, 0.1) is 0 Å². The summed E-state index contributed by atoms with van der Waals surface area (Å²) in [5, 5.41) is 0. The summed E-state index contributed by atoms with van der Waals surface area (Å²) in [6.07, 6.45) is 2.58. The average Bonchev–Trinajstić information content (AvgIpc) is 2.49. The first-order valence-electron chi connectivity index (χ1n) is 7.05. The highest BCUT2D eigenvalue weighted by Gasteiger charge is 2.21. The Morgan fingerprint density at radius 2 is 1.95 bits per heavy atom. The number of rotatable bonds is 5. The van der Waals surface area contributed by atoms with E-state index in [1.54, 1.807) is 23.9 Å². The number of amides is 1. The number of nitrogens with zero attached hydrogens (tertiary/aromatic N) is 1. The molecular weight excluding hydrogens is 275 g/mol. The van der Waals surface area contributed by atoms with Crippen LogP contribution in [-0.4, -0.2) is 36.2 Å². The van der Waals surface area contributed by atoms with Crippen molar-refractivity contribution in [3.63, 3.8) is 0 Å². The standard InChI is InChI=1S/C15H21FN2OS/c16-13-1-3-14(4-2-13)20-10-7-15(19)18-8-5-12(11-17)6-9-18/h1-4,12H,5-11,17H2. The summed E-state index contributed by atoms with van der Waals surface area (Å²) in [5.41, 5.74) is 5.65. The summed E-state index contributed by atoms with van der Waals surface area (Å²) < 4.78 is 12.8. The van der Waals surface area contributed by atoms with Gasteiger partial charge in [0.25, 0.3) is 0 Å². The second-order valence-electron chi connectivity index (χ2n) is 5.11. The Balaban J connectivity index is 1.69. The molecular formula is C15H21FN2OS. The Bertz CT molecular complexity index is 430. The molecule has 0 aliphatic carbocycles. The molecule has 0 atom stereocenters. The molecule has 1 aromatic rings. The van der Waals surface area contributed by atoms with Crippen molar-refractivity contribution < 1.29 is 9.18 Å². The maximum atomic E-state index is 12.8. The lowest BCUT2D eigenvalue weighted by atomic mass is 9.97. The SMILES string of the molecule is NCC1CCN(C(=O)CCSc2ccc(F)cc2)CC1. The Hall–Kier alpha value is -1.07. The molecule has 1 aliphatic heterocycles. The van der Waals surface area contributed by atoms with Crippen LogP contribution >= 0.6 is 11.8 Å². The van der Waals surface area contributed by atoms with E-state index in [0.29, 0.717) is 12.3 Å². The molecule has 0 radical (unpaired) electrons. The lowest BCUT2D eigenvalue weighted by Gasteiger charge is -2.31. The van der Waals surface area contributed by atoms with Gasteiger partial charge in [0, 0.05) is 30.2 Å². The summed E-state index contributed by atoms with van der Waals surface area (Å²) in [4.78, 5) is 15.0. The molecule has 2 rings (SSSR count). The minimum atomic E-state index is -0.229. The number of benzene rings is 1. The molecule has 3 nitrogen and oxygen atoms in total. The average molecular weight is 296 g/mol. The van der Waals surface area contributed by atoms with Gasteiger partial charge in [-0.1, -0.05) is 0 Å². The van der Waals surface area contributed by atoms with Crippen molar-refractivity contribution in [3.05, 3.63) is 30.1 Å². The fourth-order valence-corrected chi connectivity index (χ4v) is 3.20. The minimum absolute atomic E-state index is 0.218. The highest BCUT2D eigenvalue weighted by Crippen LogP contribution is 2.21. The predicted molar refractivity (Wildman–Crippen MR) is 80.1 cm³/mol. The Labute approximate surface area is 123 Å². The number of hydrogen-bond donors (Lipinski definition) is 1. The number of likely N-dealkylation sites (tertiary alicyclic amines) is 1. The fraction of sp³-hybridized carbons (Fsp3) is 0.533. The number of carbonyl (C=O) groups excluding carboxylic acids is 1. The van der Waals surface area contributed by atoms with Gasteiger partial charge in [0.1, 0.15) is 5.82 Å². The number of nitrogens with two attached hydrogens (primary N) is 1. The van der Waals surface area contributed by atoms with Crippen LogP contribution in [0.1, 0.15) is 19.3 Å². The molecule has 20 heavy (non-hydrogen) atoms. The molecule has 1 aliphatic rings. The number of hydrogen-bond acceptors (Lipinski definition) is 3. The van der Waals surface area contributed by atoms with Crippen LogP contribution in [0.4, 0.5) is 4.39 Å². The van der Waals surface area contributed by atoms with E-state index in [1.807, 2.05) is 4.90 Å². The zero-order valence-electron chi connectivity index (χ0n) is 11.6. The minimum Gasteiger partial charge on any atom is -0.343 e. The van der Waals surface area contributed by atoms with E-state index in [1.165, 1.54) is 12.1 Å². The molecule has 110 valence electrons. The van der Waals surface area contributed by atoms with Crippen molar-refractivity contribution in [3.8, 4) is 0 Å². The van der Waals surface area contributed by atoms with Crippen LogP contribution in [0.25, 0.3) is 0 Å². The van der Waals surface area contributed by atoms with Crippen molar-refractivity contribution in [1.29, 1.82) is 0 Å². The first-order chi connectivity index (χ1) is 9.69. The molecule has 1 amide bonds. The number of thioether (sulfide) groups is 1. The lowest BCUT2D eigenvalue weighted by Crippen LogP contribution is -2.40. The van der Waals surface area contributed by atoms with E-state index in [9.17, 15) is 9.18 Å². The Morgan fingerprint density at radius 3 is 2.55 bits per heavy atom. The topological polar surface area (TPSA) is 46.3 Å². The molecule has 5 heteroatoms. The van der Waals surface area contributed by atoms with Gasteiger partial charge in [-0.2, -0.15) is 0 Å². The van der Waals surface area contributed by atoms with Crippen molar-refractivity contribution >= 4 is 17.7 Å². The van der Waals surface area contributed by atoms with E-state index >= 15 is 0 Å². The molecule has 0 aromatic heterocycles. The maximum Gasteiger partial charge on any atom is 0.223 e. The molecule has 0 spiro atoms. The normalized spacial score (nSPS) is 16.4. The third-order valence-electron chi connectivity index (χ3n) is 3.70. The van der Waals surface area contributed by atoms with Gasteiger partial charge in [-0.15, -0.1) is 11.8 Å². The van der Waals surface area contributed by atoms with E-state index in [2.05, 4.69) is 0 Å². The van der Waals surface area contributed by atoms with Crippen LogP contribution in [0.3, 0.4) is 0 Å². The quantitative estimate of drug-likeness (QED) is 0.849. The van der Waals surface area contributed by atoms with Crippen LogP contribution in [0, 0.1) is 11.7 Å². The van der Waals surface area contributed by atoms with Crippen LogP contribution in [-0.2, 0) is 4.79 Å². The zero-order valence-corrected chi connectivity index (χ0v) is 12.4. The second kappa shape index (κ2) is 7.64. The maximum absolute atomic E-state index is 12.8. The van der Waals surface area contributed by atoms with Gasteiger partial charge in [-0.3, -0.25) is 4.79 Å². The van der Waals surface area contributed by atoms with Gasteiger partial charge < -0.3 is 10.6 Å². The summed E-state index contributed by atoms with van der Waals surface area (Å²) in [5.74, 6) is 1.30. The van der Waals surface area contributed by atoms with Gasteiger partial charge in [0.15, 0.2) is 0 Å². The van der Waals surface area contributed by atoms with Crippen LogP contribution in [0.5, 0.6) is 0 Å². The smallest absolute Gasteiger partial charge is 0.223 e. The Kier molecular flexibility index (Phi) is 5.86. The molecule has 2 N–H and O–H groups in total. The Morgan fingerprint density at radius 1 is 1.30 bits per heavy atom. The van der Waals surface area contributed by atoms with E-state index < -0.39 is 0 Å². The third kappa shape index (κ3) is 4.49. The summed E-state index contributed by atoms with van der Waals surface area (Å²) >= 11 is 1.59. The summed E-state index contributed by atoms with van der Waals surface area (Å²) in [6, 6.07) is 6.39. The van der Waals surface area contributed by atoms with Crippen molar-refractivity contribution in [2.24, 2.45) is 11.7 Å². The van der Waals surface area contributed by atoms with Gasteiger partial charge in [-0.05, 0) is 49.6 Å². The fourth-order valence-electron chi connectivity index (χ4n) is 2.36. The lowest BCUT2D eigenvalue weighted by molar-refractivity contribution is -0.132. The molecule has 1 aromatic carbocycles. The second-order valence-corrected chi connectivity index (χ2v) is 6.28. The molecule has 0 saturated carbocycles. The van der Waals surface area contributed by atoms with Crippen molar-refractivity contribution in [1.82, 2.24) is 4.90 Å². The number of halogens is 1. The van der Waals surface area contributed by atoms with Gasteiger partial charge >= 0.3 is 0 Å². The third-order valence-corrected chi connectivity index (χ3v) is 4.71. The van der Waals surface area contributed by atoms with Crippen molar-refractivity contribution in [2.45, 2.75) is 24.2 Å². The zero-order chi connectivity index (χ0) is 14.4. The molecule has 0 bridgehead atoms. The first-order valence-corrected chi connectivity index (χ1v) is 8.04.